The SMILES string of the molecule is CC(=O)O/N=C(/C)c1ccc2c(c1)c1cc(C(=O)c3ccccc3C)ccc1n2CCCCCCn1c2ccc(/C(C)=N/OC(C)=O)cc2c2cc([N+](=O)[O-])ccc21. The third-order valence-electron chi connectivity index (χ3n) is 10.5. The van der Waals surface area contributed by atoms with E-state index >= 15 is 0 Å². The molecule has 2 heterocycles. The van der Waals surface area contributed by atoms with E-state index in [1.165, 1.54) is 19.9 Å². The van der Waals surface area contributed by atoms with E-state index in [1.807, 2.05) is 85.8 Å². The van der Waals surface area contributed by atoms with E-state index in [1.54, 1.807) is 19.9 Å². The molecule has 12 heteroatoms. The van der Waals surface area contributed by atoms with Gasteiger partial charge in [0.25, 0.3) is 5.69 Å². The summed E-state index contributed by atoms with van der Waals surface area (Å²) in [7, 11) is 0. The van der Waals surface area contributed by atoms with Crippen molar-refractivity contribution >= 4 is 78.4 Å². The fraction of sp³-hybridized carbons (Fsp3) is 0.239. The van der Waals surface area contributed by atoms with Crippen molar-refractivity contribution in [2.45, 2.75) is 73.4 Å². The average molecular weight is 778 g/mol. The second-order valence-corrected chi connectivity index (χ2v) is 14.5. The summed E-state index contributed by atoms with van der Waals surface area (Å²) in [6.07, 6.45) is 3.74. The summed E-state index contributed by atoms with van der Waals surface area (Å²) >= 11 is 0. The number of hydrogen-bond donors (Lipinski definition) is 0. The van der Waals surface area contributed by atoms with Gasteiger partial charge in [-0.1, -0.05) is 59.6 Å². The summed E-state index contributed by atoms with van der Waals surface area (Å²) in [4.78, 5) is 57.5. The number of nitrogens with zero attached hydrogens (tertiary/aromatic N) is 5. The average Bonchev–Trinajstić information content (AvgIpc) is 3.70. The zero-order chi connectivity index (χ0) is 41.1. The van der Waals surface area contributed by atoms with Gasteiger partial charge in [0.2, 0.25) is 0 Å². The molecule has 5 aromatic carbocycles. The van der Waals surface area contributed by atoms with Crippen LogP contribution in [0, 0.1) is 17.0 Å². The third-order valence-corrected chi connectivity index (χ3v) is 10.5. The highest BCUT2D eigenvalue weighted by Crippen LogP contribution is 2.35. The number of aryl methyl sites for hydroxylation is 3. The van der Waals surface area contributed by atoms with Gasteiger partial charge in [-0.25, -0.2) is 9.59 Å². The van der Waals surface area contributed by atoms with Crippen LogP contribution in [-0.2, 0) is 32.4 Å². The van der Waals surface area contributed by atoms with Crippen molar-refractivity contribution in [3.05, 3.63) is 135 Å². The van der Waals surface area contributed by atoms with Crippen molar-refractivity contribution in [1.82, 2.24) is 9.13 Å². The molecular weight excluding hydrogens is 735 g/mol. The lowest BCUT2D eigenvalue weighted by Crippen LogP contribution is -2.03. The number of carbonyl (C=O) groups excluding carboxylic acids is 3. The summed E-state index contributed by atoms with van der Waals surface area (Å²) < 4.78 is 4.52. The van der Waals surface area contributed by atoms with Crippen molar-refractivity contribution in [2.24, 2.45) is 10.3 Å². The first-order valence-corrected chi connectivity index (χ1v) is 19.2. The van der Waals surface area contributed by atoms with Crippen LogP contribution in [0.2, 0.25) is 0 Å². The summed E-state index contributed by atoms with van der Waals surface area (Å²) in [5, 5.41) is 23.2. The second kappa shape index (κ2) is 16.6. The number of nitro groups is 1. The van der Waals surface area contributed by atoms with Gasteiger partial charge in [0, 0.05) is 93.8 Å². The molecule has 0 fully saturated rings. The number of oxime groups is 2. The Morgan fingerprint density at radius 2 is 1.02 bits per heavy atom. The minimum atomic E-state index is -0.516. The number of fused-ring (bicyclic) bond motifs is 6. The van der Waals surface area contributed by atoms with Crippen LogP contribution in [0.1, 0.15) is 86.0 Å². The highest BCUT2D eigenvalue weighted by molar-refractivity contribution is 6.16. The molecule has 7 rings (SSSR count). The Morgan fingerprint density at radius 3 is 1.48 bits per heavy atom. The lowest BCUT2D eigenvalue weighted by molar-refractivity contribution is -0.384. The molecule has 0 aliphatic carbocycles. The summed E-state index contributed by atoms with van der Waals surface area (Å²) in [5.41, 5.74) is 8.78. The minimum Gasteiger partial charge on any atom is -0.340 e. The maximum atomic E-state index is 13.7. The van der Waals surface area contributed by atoms with Crippen LogP contribution in [0.15, 0.2) is 107 Å². The molecule has 0 aliphatic rings. The highest BCUT2D eigenvalue weighted by Gasteiger charge is 2.19. The Morgan fingerprint density at radius 1 is 0.586 bits per heavy atom. The second-order valence-electron chi connectivity index (χ2n) is 14.5. The fourth-order valence-electron chi connectivity index (χ4n) is 7.63. The predicted octanol–water partition coefficient (Wildman–Crippen LogP) is 10.2. The first-order valence-electron chi connectivity index (χ1n) is 19.2. The van der Waals surface area contributed by atoms with E-state index in [0.717, 1.165) is 99.1 Å². The number of carbonyl (C=O) groups is 3. The van der Waals surface area contributed by atoms with Crippen LogP contribution >= 0.6 is 0 Å². The van der Waals surface area contributed by atoms with Crippen LogP contribution in [0.3, 0.4) is 0 Å². The van der Waals surface area contributed by atoms with E-state index in [9.17, 15) is 24.5 Å². The van der Waals surface area contributed by atoms with Gasteiger partial charge in [0.1, 0.15) is 0 Å². The molecule has 0 atom stereocenters. The third kappa shape index (κ3) is 7.99. The van der Waals surface area contributed by atoms with Crippen LogP contribution in [-0.4, -0.2) is 43.2 Å². The van der Waals surface area contributed by atoms with Gasteiger partial charge in [-0.2, -0.15) is 0 Å². The summed E-state index contributed by atoms with van der Waals surface area (Å²) in [5.74, 6) is -1.04. The molecule has 0 unspecified atom stereocenters. The van der Waals surface area contributed by atoms with Gasteiger partial charge in [-0.15, -0.1) is 0 Å². The van der Waals surface area contributed by atoms with Gasteiger partial charge < -0.3 is 18.8 Å². The quantitative estimate of drug-likeness (QED) is 0.0267. The van der Waals surface area contributed by atoms with Crippen LogP contribution in [0.5, 0.6) is 0 Å². The Kier molecular flexibility index (Phi) is 11.3. The molecule has 0 aliphatic heterocycles. The molecule has 0 bridgehead atoms. The monoisotopic (exact) mass is 777 g/mol. The van der Waals surface area contributed by atoms with Crippen molar-refractivity contribution in [2.75, 3.05) is 0 Å². The lowest BCUT2D eigenvalue weighted by atomic mass is 9.97. The first kappa shape index (κ1) is 39.3. The Hall–Kier alpha value is -6.95. The molecule has 0 radical (unpaired) electrons. The Labute approximate surface area is 334 Å². The van der Waals surface area contributed by atoms with Gasteiger partial charge in [-0.05, 0) is 98.8 Å². The number of non-ortho nitro benzene ring substituents is 1. The molecule has 2 aromatic heterocycles. The molecular formula is C46H43N5O7. The number of hydrogen-bond acceptors (Lipinski definition) is 9. The number of aromatic nitrogens is 2. The van der Waals surface area contributed by atoms with Gasteiger partial charge in [0.05, 0.1) is 16.3 Å². The Balaban J connectivity index is 1.12. The standard InChI is InChI=1S/C46H43N5O7/c1-28-12-8-9-13-37(28)46(54)35-16-20-44-40(26-35)38-24-33(29(2)47-57-31(4)52)14-18-42(38)49(44)22-10-6-7-11-23-50-43-19-15-34(30(3)48-58-32(5)53)25-39(43)41-27-36(51(55)56)17-21-45(41)50/h8-9,12-21,24-27H,6-7,10-11,22-23H2,1-5H3/b47-29-,48-30+. The van der Waals surface area contributed by atoms with Crippen molar-refractivity contribution in [3.8, 4) is 0 Å². The molecule has 0 N–H and O–H groups in total. The summed E-state index contributed by atoms with van der Waals surface area (Å²) in [6, 6.07) is 30.4. The van der Waals surface area contributed by atoms with Crippen LogP contribution in [0.25, 0.3) is 43.6 Å². The zero-order valence-electron chi connectivity index (χ0n) is 33.1. The minimum absolute atomic E-state index is 0.0166. The van der Waals surface area contributed by atoms with Gasteiger partial charge in [-0.3, -0.25) is 14.9 Å². The van der Waals surface area contributed by atoms with E-state index in [0.29, 0.717) is 22.6 Å². The van der Waals surface area contributed by atoms with Crippen LogP contribution in [0.4, 0.5) is 5.69 Å². The van der Waals surface area contributed by atoms with E-state index in [4.69, 9.17) is 9.68 Å². The predicted molar refractivity (Wildman–Crippen MR) is 227 cm³/mol. The lowest BCUT2D eigenvalue weighted by Gasteiger charge is -2.10. The number of nitro benzene ring substituents is 1. The smallest absolute Gasteiger partial charge is 0.331 e. The molecule has 0 spiro atoms. The van der Waals surface area contributed by atoms with Crippen LogP contribution < -0.4 is 0 Å². The number of ketones is 1. The Bertz CT molecular complexity index is 2840. The number of rotatable bonds is 14. The maximum absolute atomic E-state index is 13.7. The topological polar surface area (TPSA) is 147 Å². The molecule has 58 heavy (non-hydrogen) atoms. The molecule has 12 nitrogen and oxygen atoms in total. The molecule has 0 amide bonds. The summed E-state index contributed by atoms with van der Waals surface area (Å²) in [6.45, 7) is 9.56. The number of benzene rings is 5. The van der Waals surface area contributed by atoms with E-state index in [-0.39, 0.29) is 16.4 Å². The fourth-order valence-corrected chi connectivity index (χ4v) is 7.63. The molecule has 0 saturated heterocycles. The molecule has 294 valence electrons. The van der Waals surface area contributed by atoms with Crippen molar-refractivity contribution in [1.29, 1.82) is 0 Å². The van der Waals surface area contributed by atoms with Gasteiger partial charge in [0.15, 0.2) is 5.78 Å². The van der Waals surface area contributed by atoms with Gasteiger partial charge >= 0.3 is 11.9 Å². The van der Waals surface area contributed by atoms with Crippen molar-refractivity contribution in [3.63, 3.8) is 0 Å². The highest BCUT2D eigenvalue weighted by atomic mass is 16.7. The van der Waals surface area contributed by atoms with E-state index in [2.05, 4.69) is 25.5 Å². The van der Waals surface area contributed by atoms with Crippen molar-refractivity contribution < 1.29 is 29.0 Å². The molecule has 0 saturated carbocycles. The normalized spacial score (nSPS) is 12.2. The maximum Gasteiger partial charge on any atom is 0.331 e. The zero-order valence-corrected chi connectivity index (χ0v) is 33.1. The van der Waals surface area contributed by atoms with E-state index < -0.39 is 11.9 Å². The first-order chi connectivity index (χ1) is 27.9. The number of unbranched alkanes of at least 4 members (excludes halogenated alkanes) is 3. The largest absolute Gasteiger partial charge is 0.340 e. The molecule has 7 aromatic rings.